The summed E-state index contributed by atoms with van der Waals surface area (Å²) in [5.74, 6) is -2.42. The van der Waals surface area contributed by atoms with Gasteiger partial charge in [-0.15, -0.1) is 12.4 Å². The Kier molecular flexibility index (Phi) is 10.3. The second-order valence-corrected chi connectivity index (χ2v) is 3.94. The molecule has 112 valence electrons. The highest BCUT2D eigenvalue weighted by Gasteiger charge is 2.08. The summed E-state index contributed by atoms with van der Waals surface area (Å²) < 4.78 is 0. The molecule has 1 aromatic carbocycles. The number of amides is 1. The maximum absolute atomic E-state index is 10.7. The summed E-state index contributed by atoms with van der Waals surface area (Å²) in [5.41, 5.74) is 3.90. The molecule has 1 rings (SSSR count). The normalized spacial score (nSPS) is 9.60. The first kappa shape index (κ1) is 18.4. The van der Waals surface area contributed by atoms with E-state index in [0.717, 1.165) is 12.0 Å². The quantitative estimate of drug-likeness (QED) is 0.380. The van der Waals surface area contributed by atoms with E-state index >= 15 is 0 Å². The van der Waals surface area contributed by atoms with Crippen molar-refractivity contribution in [2.24, 2.45) is 0 Å². The third kappa shape index (κ3) is 8.47. The number of carboxylic acids is 1. The SMILES string of the molecule is Cl.O=C(O)C(=O)NCCCCNOCc1ccccc1. The topological polar surface area (TPSA) is 87.7 Å². The summed E-state index contributed by atoms with van der Waals surface area (Å²) in [5, 5.41) is 10.6. The first-order valence-corrected chi connectivity index (χ1v) is 6.10. The van der Waals surface area contributed by atoms with Crippen LogP contribution in [-0.2, 0) is 21.0 Å². The summed E-state index contributed by atoms with van der Waals surface area (Å²) in [7, 11) is 0. The van der Waals surface area contributed by atoms with Crippen LogP contribution in [0.25, 0.3) is 0 Å². The van der Waals surface area contributed by atoms with Gasteiger partial charge in [0.15, 0.2) is 0 Å². The Morgan fingerprint density at radius 3 is 2.40 bits per heavy atom. The highest BCUT2D eigenvalue weighted by atomic mass is 35.5. The molecule has 0 heterocycles. The molecule has 0 aliphatic heterocycles. The highest BCUT2D eigenvalue weighted by molar-refractivity contribution is 6.31. The first-order chi connectivity index (χ1) is 9.20. The number of carboxylic acid groups (broad SMARTS) is 1. The van der Waals surface area contributed by atoms with Crippen LogP contribution in [0.5, 0.6) is 0 Å². The minimum atomic E-state index is -1.45. The van der Waals surface area contributed by atoms with Crippen LogP contribution in [0.15, 0.2) is 30.3 Å². The van der Waals surface area contributed by atoms with Crippen LogP contribution in [0, 0.1) is 0 Å². The van der Waals surface area contributed by atoms with E-state index in [0.29, 0.717) is 26.1 Å². The van der Waals surface area contributed by atoms with Crippen LogP contribution in [0.4, 0.5) is 0 Å². The molecule has 0 saturated heterocycles. The lowest BCUT2D eigenvalue weighted by Gasteiger charge is -2.06. The number of aliphatic carboxylic acids is 1. The van der Waals surface area contributed by atoms with Crippen molar-refractivity contribution in [3.8, 4) is 0 Å². The molecule has 0 radical (unpaired) electrons. The second kappa shape index (κ2) is 11.2. The van der Waals surface area contributed by atoms with Crippen molar-refractivity contribution in [1.29, 1.82) is 0 Å². The van der Waals surface area contributed by atoms with Gasteiger partial charge in [0.25, 0.3) is 0 Å². The molecule has 20 heavy (non-hydrogen) atoms. The van der Waals surface area contributed by atoms with Gasteiger partial charge in [0.1, 0.15) is 0 Å². The number of unbranched alkanes of at least 4 members (excludes halogenated alkanes) is 1. The van der Waals surface area contributed by atoms with Crippen molar-refractivity contribution in [2.75, 3.05) is 13.1 Å². The fourth-order valence-electron chi connectivity index (χ4n) is 1.38. The third-order valence-electron chi connectivity index (χ3n) is 2.37. The van der Waals surface area contributed by atoms with E-state index in [1.54, 1.807) is 0 Å². The maximum Gasteiger partial charge on any atom is 0.394 e. The van der Waals surface area contributed by atoms with Crippen LogP contribution in [0.2, 0.25) is 0 Å². The summed E-state index contributed by atoms with van der Waals surface area (Å²) in [6.07, 6.45) is 1.48. The van der Waals surface area contributed by atoms with E-state index in [2.05, 4.69) is 10.8 Å². The summed E-state index contributed by atoms with van der Waals surface area (Å²) >= 11 is 0. The molecular weight excluding hydrogens is 284 g/mol. The average molecular weight is 303 g/mol. The zero-order chi connectivity index (χ0) is 13.9. The van der Waals surface area contributed by atoms with Gasteiger partial charge in [-0.1, -0.05) is 30.3 Å². The molecule has 0 aromatic heterocycles. The number of carbonyl (C=O) groups excluding carboxylic acids is 1. The Hall–Kier alpha value is -1.63. The standard InChI is InChI=1S/C13H18N2O4.ClH/c16-12(13(17)18)14-8-4-5-9-15-19-10-11-6-2-1-3-7-11;/h1-3,6-7,15H,4-5,8-10H2,(H,14,16)(H,17,18);1H. The van der Waals surface area contributed by atoms with Gasteiger partial charge < -0.3 is 10.4 Å². The monoisotopic (exact) mass is 302 g/mol. The number of hydrogen-bond acceptors (Lipinski definition) is 4. The number of hydroxylamine groups is 1. The predicted molar refractivity (Wildman–Crippen MR) is 76.4 cm³/mol. The van der Waals surface area contributed by atoms with E-state index in [-0.39, 0.29) is 12.4 Å². The lowest BCUT2D eigenvalue weighted by Crippen LogP contribution is -2.31. The van der Waals surface area contributed by atoms with Crippen LogP contribution in [0.1, 0.15) is 18.4 Å². The molecule has 7 heteroatoms. The molecule has 0 unspecified atom stereocenters. The molecular formula is C13H19ClN2O4. The molecule has 0 fully saturated rings. The maximum atomic E-state index is 10.7. The molecule has 6 nitrogen and oxygen atoms in total. The number of hydrogen-bond donors (Lipinski definition) is 3. The van der Waals surface area contributed by atoms with E-state index < -0.39 is 11.9 Å². The predicted octanol–water partition coefficient (Wildman–Crippen LogP) is 1.11. The van der Waals surface area contributed by atoms with Gasteiger partial charge in [-0.3, -0.25) is 9.63 Å². The third-order valence-corrected chi connectivity index (χ3v) is 2.37. The fraction of sp³-hybridized carbons (Fsp3) is 0.385. The Bertz CT molecular complexity index is 401. The largest absolute Gasteiger partial charge is 0.474 e. The summed E-state index contributed by atoms with van der Waals surface area (Å²) in [6, 6.07) is 9.79. The zero-order valence-corrected chi connectivity index (χ0v) is 11.8. The van der Waals surface area contributed by atoms with Crippen LogP contribution >= 0.6 is 12.4 Å². The Morgan fingerprint density at radius 1 is 1.10 bits per heavy atom. The number of nitrogens with one attached hydrogen (secondary N) is 2. The van der Waals surface area contributed by atoms with Crippen LogP contribution in [0.3, 0.4) is 0 Å². The molecule has 0 aliphatic rings. The minimum absolute atomic E-state index is 0. The molecule has 0 spiro atoms. The lowest BCUT2D eigenvalue weighted by atomic mass is 10.2. The minimum Gasteiger partial charge on any atom is -0.474 e. The first-order valence-electron chi connectivity index (χ1n) is 6.10. The molecule has 1 amide bonds. The Morgan fingerprint density at radius 2 is 1.75 bits per heavy atom. The molecule has 0 bridgehead atoms. The molecule has 0 aliphatic carbocycles. The second-order valence-electron chi connectivity index (χ2n) is 3.94. The smallest absolute Gasteiger partial charge is 0.394 e. The van der Waals surface area contributed by atoms with Gasteiger partial charge in [0.2, 0.25) is 0 Å². The van der Waals surface area contributed by atoms with Crippen LogP contribution < -0.4 is 10.8 Å². The number of carbonyl (C=O) groups is 2. The van der Waals surface area contributed by atoms with E-state index in [1.807, 2.05) is 30.3 Å². The van der Waals surface area contributed by atoms with Crippen molar-refractivity contribution >= 4 is 24.3 Å². The van der Waals surface area contributed by atoms with Gasteiger partial charge >= 0.3 is 11.9 Å². The molecule has 0 atom stereocenters. The number of rotatable bonds is 8. The number of benzene rings is 1. The summed E-state index contributed by atoms with van der Waals surface area (Å²) in [4.78, 5) is 26.1. The molecule has 1 aromatic rings. The lowest BCUT2D eigenvalue weighted by molar-refractivity contribution is -0.150. The van der Waals surface area contributed by atoms with Gasteiger partial charge in [-0.2, -0.15) is 0 Å². The van der Waals surface area contributed by atoms with Gasteiger partial charge in [0.05, 0.1) is 6.61 Å². The molecule has 0 saturated carbocycles. The number of halogens is 1. The van der Waals surface area contributed by atoms with Crippen molar-refractivity contribution in [2.45, 2.75) is 19.4 Å². The van der Waals surface area contributed by atoms with Gasteiger partial charge in [0, 0.05) is 13.1 Å². The van der Waals surface area contributed by atoms with Crippen molar-refractivity contribution in [1.82, 2.24) is 10.8 Å². The van der Waals surface area contributed by atoms with Gasteiger partial charge in [-0.05, 0) is 18.4 Å². The Labute approximate surface area is 123 Å². The summed E-state index contributed by atoms with van der Waals surface area (Å²) in [6.45, 7) is 1.50. The van der Waals surface area contributed by atoms with Crippen molar-refractivity contribution in [3.05, 3.63) is 35.9 Å². The van der Waals surface area contributed by atoms with Crippen molar-refractivity contribution in [3.63, 3.8) is 0 Å². The molecule has 3 N–H and O–H groups in total. The Balaban J connectivity index is 0.00000361. The fourth-order valence-corrected chi connectivity index (χ4v) is 1.38. The zero-order valence-electron chi connectivity index (χ0n) is 11.0. The van der Waals surface area contributed by atoms with E-state index in [1.165, 1.54) is 0 Å². The van der Waals surface area contributed by atoms with Crippen LogP contribution in [-0.4, -0.2) is 30.1 Å². The van der Waals surface area contributed by atoms with E-state index in [9.17, 15) is 9.59 Å². The highest BCUT2D eigenvalue weighted by Crippen LogP contribution is 1.98. The van der Waals surface area contributed by atoms with Crippen molar-refractivity contribution < 1.29 is 19.5 Å². The van der Waals surface area contributed by atoms with E-state index in [4.69, 9.17) is 9.94 Å². The average Bonchev–Trinajstić information content (AvgIpc) is 2.42. The van der Waals surface area contributed by atoms with Gasteiger partial charge in [-0.25, -0.2) is 10.3 Å².